The third-order valence-corrected chi connectivity index (χ3v) is 9.65. The molecule has 0 atom stereocenters. The standard InChI is InChI=1S/C48H33N/c1-3-11-34(12-4-1)36-19-26-41(27-20-36)49(42-28-21-37(22-29-42)35-13-5-2-6-14-35)43-30-23-39(24-31-43)47-33-40-16-8-10-18-45(40)48-44-17-9-7-15-38(44)25-32-46(47)48/h1-33H. The Labute approximate surface area is 287 Å². The molecule has 0 unspecified atom stereocenters. The van der Waals surface area contributed by atoms with Crippen molar-refractivity contribution in [2.45, 2.75) is 0 Å². The zero-order chi connectivity index (χ0) is 32.6. The number of nitrogens with zero attached hydrogens (tertiary/aromatic N) is 1. The zero-order valence-electron chi connectivity index (χ0n) is 27.0. The highest BCUT2D eigenvalue weighted by molar-refractivity contribution is 6.24. The number of hydrogen-bond acceptors (Lipinski definition) is 1. The van der Waals surface area contributed by atoms with Crippen LogP contribution >= 0.6 is 0 Å². The predicted molar refractivity (Wildman–Crippen MR) is 210 cm³/mol. The first-order chi connectivity index (χ1) is 24.3. The first-order valence-corrected chi connectivity index (χ1v) is 16.8. The lowest BCUT2D eigenvalue weighted by atomic mass is 9.90. The van der Waals surface area contributed by atoms with E-state index in [0.717, 1.165) is 17.1 Å². The van der Waals surface area contributed by atoms with E-state index in [4.69, 9.17) is 0 Å². The number of benzene rings is 9. The van der Waals surface area contributed by atoms with Crippen molar-refractivity contribution < 1.29 is 0 Å². The van der Waals surface area contributed by atoms with E-state index in [1.54, 1.807) is 0 Å². The molecule has 0 aromatic heterocycles. The molecule has 49 heavy (non-hydrogen) atoms. The molecule has 0 aliphatic carbocycles. The lowest BCUT2D eigenvalue weighted by molar-refractivity contribution is 1.28. The molecule has 0 N–H and O–H groups in total. The van der Waals surface area contributed by atoms with Gasteiger partial charge in [0.2, 0.25) is 0 Å². The average Bonchev–Trinajstić information content (AvgIpc) is 3.19. The van der Waals surface area contributed by atoms with Crippen LogP contribution in [0.15, 0.2) is 200 Å². The summed E-state index contributed by atoms with van der Waals surface area (Å²) >= 11 is 0. The number of anilines is 3. The van der Waals surface area contributed by atoms with E-state index in [2.05, 4.69) is 205 Å². The molecular weight excluding hydrogens is 591 g/mol. The maximum absolute atomic E-state index is 2.35. The van der Waals surface area contributed by atoms with Gasteiger partial charge in [-0.2, -0.15) is 0 Å². The Morgan fingerprint density at radius 2 is 0.673 bits per heavy atom. The molecule has 0 amide bonds. The predicted octanol–water partition coefficient (Wildman–Crippen LogP) is 13.6. The van der Waals surface area contributed by atoms with Crippen LogP contribution in [0, 0.1) is 0 Å². The summed E-state index contributed by atoms with van der Waals surface area (Å²) in [6, 6.07) is 72.3. The number of rotatable bonds is 6. The maximum Gasteiger partial charge on any atom is 0.0462 e. The second kappa shape index (κ2) is 12.3. The van der Waals surface area contributed by atoms with Crippen LogP contribution in [-0.4, -0.2) is 0 Å². The first-order valence-electron chi connectivity index (χ1n) is 16.8. The molecular formula is C48H33N. The van der Waals surface area contributed by atoms with Gasteiger partial charge in [-0.15, -0.1) is 0 Å². The number of fused-ring (bicyclic) bond motifs is 5. The van der Waals surface area contributed by atoms with E-state index in [1.807, 2.05) is 0 Å². The topological polar surface area (TPSA) is 3.24 Å². The Bertz CT molecular complexity index is 2450. The lowest BCUT2D eigenvalue weighted by Crippen LogP contribution is -2.09. The van der Waals surface area contributed by atoms with Gasteiger partial charge in [0, 0.05) is 17.1 Å². The first kappa shape index (κ1) is 28.8. The molecule has 230 valence electrons. The van der Waals surface area contributed by atoms with Crippen molar-refractivity contribution in [2.75, 3.05) is 4.90 Å². The molecule has 9 rings (SSSR count). The van der Waals surface area contributed by atoms with Crippen molar-refractivity contribution >= 4 is 49.4 Å². The summed E-state index contributed by atoms with van der Waals surface area (Å²) in [4.78, 5) is 2.35. The Morgan fingerprint density at radius 3 is 1.20 bits per heavy atom. The largest absolute Gasteiger partial charge is 0.311 e. The molecule has 0 radical (unpaired) electrons. The minimum absolute atomic E-state index is 1.11. The summed E-state index contributed by atoms with van der Waals surface area (Å²) in [5.74, 6) is 0. The van der Waals surface area contributed by atoms with Crippen LogP contribution in [0.4, 0.5) is 17.1 Å². The second-order valence-electron chi connectivity index (χ2n) is 12.6. The third kappa shape index (κ3) is 5.32. The van der Waals surface area contributed by atoms with Crippen LogP contribution in [0.5, 0.6) is 0 Å². The van der Waals surface area contributed by atoms with Crippen molar-refractivity contribution in [2.24, 2.45) is 0 Å². The summed E-state index contributed by atoms with van der Waals surface area (Å²) in [6.07, 6.45) is 0. The average molecular weight is 624 g/mol. The van der Waals surface area contributed by atoms with Crippen molar-refractivity contribution in [1.82, 2.24) is 0 Å². The van der Waals surface area contributed by atoms with Crippen molar-refractivity contribution in [3.05, 3.63) is 200 Å². The zero-order valence-corrected chi connectivity index (χ0v) is 27.0. The summed E-state index contributed by atoms with van der Waals surface area (Å²) < 4.78 is 0. The SMILES string of the molecule is c1ccc(-c2ccc(N(c3ccc(-c4ccccc4)cc3)c3ccc(-c4cc5ccccc5c5c4ccc4ccccc45)cc3)cc2)cc1. The fourth-order valence-electron chi connectivity index (χ4n) is 7.21. The van der Waals surface area contributed by atoms with E-state index in [0.29, 0.717) is 0 Å². The van der Waals surface area contributed by atoms with E-state index in [9.17, 15) is 0 Å². The minimum Gasteiger partial charge on any atom is -0.311 e. The maximum atomic E-state index is 2.35. The molecule has 9 aromatic rings. The highest BCUT2D eigenvalue weighted by Crippen LogP contribution is 2.41. The molecule has 0 heterocycles. The molecule has 0 fully saturated rings. The summed E-state index contributed by atoms with van der Waals surface area (Å²) in [7, 11) is 0. The lowest BCUT2D eigenvalue weighted by Gasteiger charge is -2.26. The monoisotopic (exact) mass is 623 g/mol. The normalized spacial score (nSPS) is 11.3. The van der Waals surface area contributed by atoms with Crippen LogP contribution in [0.25, 0.3) is 65.7 Å². The van der Waals surface area contributed by atoms with E-state index >= 15 is 0 Å². The molecule has 0 saturated carbocycles. The summed E-state index contributed by atoms with van der Waals surface area (Å²) in [6.45, 7) is 0. The van der Waals surface area contributed by atoms with Crippen molar-refractivity contribution in [1.29, 1.82) is 0 Å². The molecule has 1 nitrogen and oxygen atoms in total. The molecule has 0 bridgehead atoms. The molecule has 0 aliphatic rings. The van der Waals surface area contributed by atoms with Gasteiger partial charge in [-0.05, 0) is 108 Å². The van der Waals surface area contributed by atoms with Crippen LogP contribution in [0.2, 0.25) is 0 Å². The highest BCUT2D eigenvalue weighted by Gasteiger charge is 2.16. The Morgan fingerprint density at radius 1 is 0.265 bits per heavy atom. The Balaban J connectivity index is 1.16. The Hall–Kier alpha value is -6.44. The van der Waals surface area contributed by atoms with Crippen molar-refractivity contribution in [3.63, 3.8) is 0 Å². The fraction of sp³-hybridized carbons (Fsp3) is 0. The van der Waals surface area contributed by atoms with Crippen LogP contribution < -0.4 is 4.90 Å². The smallest absolute Gasteiger partial charge is 0.0462 e. The van der Waals surface area contributed by atoms with Gasteiger partial charge in [0.05, 0.1) is 0 Å². The van der Waals surface area contributed by atoms with Gasteiger partial charge in [-0.1, -0.05) is 158 Å². The fourth-order valence-corrected chi connectivity index (χ4v) is 7.21. The second-order valence-corrected chi connectivity index (χ2v) is 12.6. The minimum atomic E-state index is 1.11. The van der Waals surface area contributed by atoms with Gasteiger partial charge in [0.25, 0.3) is 0 Å². The Kier molecular flexibility index (Phi) is 7.22. The summed E-state index contributed by atoms with van der Waals surface area (Å²) in [5, 5.41) is 7.69. The van der Waals surface area contributed by atoms with Gasteiger partial charge in [0.15, 0.2) is 0 Å². The van der Waals surface area contributed by atoms with Crippen LogP contribution in [-0.2, 0) is 0 Å². The molecule has 0 saturated heterocycles. The van der Waals surface area contributed by atoms with Gasteiger partial charge >= 0.3 is 0 Å². The van der Waals surface area contributed by atoms with Crippen LogP contribution in [0.1, 0.15) is 0 Å². The highest BCUT2D eigenvalue weighted by atomic mass is 15.1. The van der Waals surface area contributed by atoms with Crippen LogP contribution in [0.3, 0.4) is 0 Å². The third-order valence-electron chi connectivity index (χ3n) is 9.65. The van der Waals surface area contributed by atoms with E-state index in [-0.39, 0.29) is 0 Å². The molecule has 1 heteroatoms. The molecule has 0 spiro atoms. The van der Waals surface area contributed by atoms with Gasteiger partial charge in [-0.25, -0.2) is 0 Å². The quantitative estimate of drug-likeness (QED) is 0.167. The van der Waals surface area contributed by atoms with E-state index < -0.39 is 0 Å². The molecule has 9 aromatic carbocycles. The van der Waals surface area contributed by atoms with Crippen molar-refractivity contribution in [3.8, 4) is 33.4 Å². The summed E-state index contributed by atoms with van der Waals surface area (Å²) in [5.41, 5.74) is 10.6. The van der Waals surface area contributed by atoms with E-state index in [1.165, 1.54) is 65.7 Å². The molecule has 0 aliphatic heterocycles. The van der Waals surface area contributed by atoms with Gasteiger partial charge < -0.3 is 4.90 Å². The van der Waals surface area contributed by atoms with Gasteiger partial charge in [-0.3, -0.25) is 0 Å². The number of hydrogen-bond donors (Lipinski definition) is 0. The van der Waals surface area contributed by atoms with Gasteiger partial charge in [0.1, 0.15) is 0 Å².